The van der Waals surface area contributed by atoms with Gasteiger partial charge in [-0.3, -0.25) is 9.59 Å². The predicted octanol–water partition coefficient (Wildman–Crippen LogP) is 4.28. The van der Waals surface area contributed by atoms with Crippen molar-refractivity contribution in [3.8, 4) is 0 Å². The minimum Gasteiger partial charge on any atom is -0.469 e. The molecule has 136 valence electrons. The molecule has 1 heterocycles. The van der Waals surface area contributed by atoms with E-state index >= 15 is 0 Å². The average molecular weight is 438 g/mol. The summed E-state index contributed by atoms with van der Waals surface area (Å²) < 4.78 is 19.9. The van der Waals surface area contributed by atoms with E-state index in [2.05, 4.69) is 21.2 Å². The molecule has 0 saturated carbocycles. The molecule has 1 aliphatic rings. The largest absolute Gasteiger partial charge is 0.469 e. The van der Waals surface area contributed by atoms with Crippen molar-refractivity contribution >= 4 is 39.1 Å². The number of hydrogen-bond donors (Lipinski definition) is 1. The zero-order valence-electron chi connectivity index (χ0n) is 13.9. The first-order valence-corrected chi connectivity index (χ1v) is 9.73. The Morgan fingerprint density at radius 3 is 2.73 bits per heavy atom. The van der Waals surface area contributed by atoms with Gasteiger partial charge in [-0.15, -0.1) is 11.3 Å². The number of ether oxygens (including phenoxy) is 1. The second-order valence-electron chi connectivity index (χ2n) is 5.98. The number of methoxy groups -OCH3 is 1. The molecule has 26 heavy (non-hydrogen) atoms. The maximum absolute atomic E-state index is 14.2. The normalized spacial score (nSPS) is 20.0. The Labute approximate surface area is 163 Å². The minimum absolute atomic E-state index is 0.178. The lowest BCUT2D eigenvalue weighted by Gasteiger charge is -2.22. The maximum atomic E-state index is 14.2. The van der Waals surface area contributed by atoms with Crippen molar-refractivity contribution < 1.29 is 18.7 Å². The van der Waals surface area contributed by atoms with Gasteiger partial charge < -0.3 is 10.1 Å². The highest BCUT2D eigenvalue weighted by Crippen LogP contribution is 2.35. The Kier molecular flexibility index (Phi) is 5.88. The number of hydrogen-bond acceptors (Lipinski definition) is 4. The summed E-state index contributed by atoms with van der Waals surface area (Å²) in [6, 6.07) is 7.80. The van der Waals surface area contributed by atoms with Crippen LogP contribution in [0.15, 0.2) is 52.3 Å². The Hall–Kier alpha value is -1.99. The summed E-state index contributed by atoms with van der Waals surface area (Å²) in [5.74, 6) is -2.10. The first kappa shape index (κ1) is 18.8. The van der Waals surface area contributed by atoms with Gasteiger partial charge in [-0.2, -0.15) is 0 Å². The van der Waals surface area contributed by atoms with Gasteiger partial charge in [0.05, 0.1) is 13.0 Å². The SMILES string of the molecule is COC(=O)[C@H](c1ccccc1F)[C@H]1C=C[C@H](NC(=O)c2sccc2Br)C1. The molecule has 0 bridgehead atoms. The highest BCUT2D eigenvalue weighted by molar-refractivity contribution is 9.10. The van der Waals surface area contributed by atoms with Gasteiger partial charge in [0.25, 0.3) is 5.91 Å². The first-order valence-electron chi connectivity index (χ1n) is 8.05. The molecule has 7 heteroatoms. The summed E-state index contributed by atoms with van der Waals surface area (Å²) in [5.41, 5.74) is 0.307. The van der Waals surface area contributed by atoms with Crippen LogP contribution in [-0.4, -0.2) is 25.0 Å². The lowest BCUT2D eigenvalue weighted by molar-refractivity contribution is -0.143. The molecule has 3 rings (SSSR count). The molecular formula is C19H17BrFNO3S. The molecule has 0 radical (unpaired) electrons. The van der Waals surface area contributed by atoms with Crippen LogP contribution in [0.2, 0.25) is 0 Å². The second-order valence-corrected chi connectivity index (χ2v) is 7.75. The first-order chi connectivity index (χ1) is 12.5. The molecule has 0 spiro atoms. The molecule has 1 aromatic heterocycles. The lowest BCUT2D eigenvalue weighted by Crippen LogP contribution is -2.33. The molecule has 3 atom stereocenters. The van der Waals surface area contributed by atoms with Crippen molar-refractivity contribution in [2.45, 2.75) is 18.4 Å². The molecule has 4 nitrogen and oxygen atoms in total. The number of allylic oxidation sites excluding steroid dienone is 1. The van der Waals surface area contributed by atoms with Crippen molar-refractivity contribution in [3.63, 3.8) is 0 Å². The van der Waals surface area contributed by atoms with Crippen molar-refractivity contribution in [1.29, 1.82) is 0 Å². The van der Waals surface area contributed by atoms with Gasteiger partial charge in [0.2, 0.25) is 0 Å². The fraction of sp³-hybridized carbons (Fsp3) is 0.263. The van der Waals surface area contributed by atoms with E-state index in [0.717, 1.165) is 4.47 Å². The Morgan fingerprint density at radius 1 is 1.31 bits per heavy atom. The van der Waals surface area contributed by atoms with Crippen LogP contribution in [0.25, 0.3) is 0 Å². The van der Waals surface area contributed by atoms with Crippen LogP contribution in [0.1, 0.15) is 27.6 Å². The van der Waals surface area contributed by atoms with Crippen LogP contribution >= 0.6 is 27.3 Å². The van der Waals surface area contributed by atoms with Crippen molar-refractivity contribution in [2.75, 3.05) is 7.11 Å². The van der Waals surface area contributed by atoms with Gasteiger partial charge in [0, 0.05) is 16.1 Å². The summed E-state index contributed by atoms with van der Waals surface area (Å²) in [5, 5.41) is 4.77. The zero-order chi connectivity index (χ0) is 18.7. The number of rotatable bonds is 5. The summed E-state index contributed by atoms with van der Waals surface area (Å²) in [7, 11) is 1.29. The van der Waals surface area contributed by atoms with Gasteiger partial charge >= 0.3 is 5.97 Å². The van der Waals surface area contributed by atoms with E-state index in [-0.39, 0.29) is 17.9 Å². The Morgan fingerprint density at radius 2 is 2.08 bits per heavy atom. The lowest BCUT2D eigenvalue weighted by atomic mass is 9.85. The van der Waals surface area contributed by atoms with Gasteiger partial charge in [-0.05, 0) is 45.8 Å². The number of carbonyl (C=O) groups excluding carboxylic acids is 2. The Balaban J connectivity index is 1.74. The molecule has 0 aliphatic heterocycles. The van der Waals surface area contributed by atoms with Crippen LogP contribution in [-0.2, 0) is 9.53 Å². The van der Waals surface area contributed by atoms with Crippen LogP contribution in [0, 0.1) is 11.7 Å². The van der Waals surface area contributed by atoms with Gasteiger partial charge in [-0.1, -0.05) is 30.4 Å². The van der Waals surface area contributed by atoms with E-state index in [1.165, 1.54) is 24.5 Å². The molecule has 1 aliphatic carbocycles. The van der Waals surface area contributed by atoms with E-state index in [4.69, 9.17) is 4.74 Å². The van der Waals surface area contributed by atoms with Crippen molar-refractivity contribution in [3.05, 3.63) is 68.6 Å². The smallest absolute Gasteiger partial charge is 0.313 e. The molecule has 0 unspecified atom stereocenters. The fourth-order valence-corrected chi connectivity index (χ4v) is 4.61. The topological polar surface area (TPSA) is 55.4 Å². The van der Waals surface area contributed by atoms with E-state index < -0.39 is 17.7 Å². The van der Waals surface area contributed by atoms with E-state index in [1.807, 2.05) is 23.6 Å². The summed E-state index contributed by atoms with van der Waals surface area (Å²) in [4.78, 5) is 25.3. The summed E-state index contributed by atoms with van der Waals surface area (Å²) in [6.45, 7) is 0. The van der Waals surface area contributed by atoms with E-state index in [1.54, 1.807) is 18.2 Å². The number of esters is 1. The monoisotopic (exact) mass is 437 g/mol. The number of halogens is 2. The van der Waals surface area contributed by atoms with Gasteiger partial charge in [0.1, 0.15) is 10.7 Å². The molecule has 2 aromatic rings. The molecule has 0 saturated heterocycles. The number of thiophene rings is 1. The van der Waals surface area contributed by atoms with Crippen LogP contribution in [0.3, 0.4) is 0 Å². The molecule has 1 aromatic carbocycles. The summed E-state index contributed by atoms with van der Waals surface area (Å²) >= 11 is 4.70. The van der Waals surface area contributed by atoms with Crippen molar-refractivity contribution in [2.24, 2.45) is 5.92 Å². The summed E-state index contributed by atoms with van der Waals surface area (Å²) in [6.07, 6.45) is 4.20. The molecule has 0 fully saturated rings. The van der Waals surface area contributed by atoms with E-state index in [9.17, 15) is 14.0 Å². The van der Waals surface area contributed by atoms with Crippen LogP contribution < -0.4 is 5.32 Å². The second kappa shape index (κ2) is 8.14. The van der Waals surface area contributed by atoms with Crippen LogP contribution in [0.5, 0.6) is 0 Å². The van der Waals surface area contributed by atoms with Gasteiger partial charge in [-0.25, -0.2) is 4.39 Å². The van der Waals surface area contributed by atoms with Crippen LogP contribution in [0.4, 0.5) is 4.39 Å². The van der Waals surface area contributed by atoms with E-state index in [0.29, 0.717) is 16.9 Å². The highest BCUT2D eigenvalue weighted by Gasteiger charge is 2.35. The molecule has 1 N–H and O–H groups in total. The number of carbonyl (C=O) groups is 2. The zero-order valence-corrected chi connectivity index (χ0v) is 16.3. The Bertz CT molecular complexity index is 851. The third-order valence-corrected chi connectivity index (χ3v) is 6.22. The standard InChI is InChI=1S/C19H17BrFNO3S/c1-25-19(24)16(13-4-2-3-5-15(13)21)11-6-7-12(10-11)22-18(23)17-14(20)8-9-26-17/h2-9,11-12,16H,10H2,1H3,(H,22,23)/t11-,12-,16-/m0/s1. The molecular weight excluding hydrogens is 421 g/mol. The van der Waals surface area contributed by atoms with Gasteiger partial charge in [0.15, 0.2) is 0 Å². The number of amides is 1. The van der Waals surface area contributed by atoms with Crippen molar-refractivity contribution in [1.82, 2.24) is 5.32 Å². The number of nitrogens with one attached hydrogen (secondary N) is 1. The fourth-order valence-electron chi connectivity index (χ4n) is 3.16. The minimum atomic E-state index is -0.743. The third kappa shape index (κ3) is 3.88. The number of benzene rings is 1. The average Bonchev–Trinajstić information content (AvgIpc) is 3.25. The highest BCUT2D eigenvalue weighted by atomic mass is 79.9. The third-order valence-electron chi connectivity index (χ3n) is 4.38. The predicted molar refractivity (Wildman–Crippen MR) is 102 cm³/mol. The molecule has 1 amide bonds. The quantitative estimate of drug-likeness (QED) is 0.560. The maximum Gasteiger partial charge on any atom is 0.313 e.